The van der Waals surface area contributed by atoms with E-state index in [2.05, 4.69) is 0 Å². The lowest BCUT2D eigenvalue weighted by Gasteiger charge is -2.45. The van der Waals surface area contributed by atoms with E-state index in [0.29, 0.717) is 6.54 Å². The zero-order valence-electron chi connectivity index (χ0n) is 11.0. The van der Waals surface area contributed by atoms with Crippen LogP contribution in [-0.2, 0) is 16.1 Å². The summed E-state index contributed by atoms with van der Waals surface area (Å²) in [6, 6.07) is 3.46. The van der Waals surface area contributed by atoms with E-state index in [9.17, 15) is 9.59 Å². The monoisotopic (exact) mass is 278 g/mol. The molecule has 3 heterocycles. The number of piperidine rings is 1. The molecule has 0 aromatic carbocycles. The van der Waals surface area contributed by atoms with E-state index in [1.807, 2.05) is 24.4 Å². The summed E-state index contributed by atoms with van der Waals surface area (Å²) >= 11 is 1.63. The van der Waals surface area contributed by atoms with E-state index in [4.69, 9.17) is 0 Å². The van der Waals surface area contributed by atoms with Crippen molar-refractivity contribution in [1.29, 1.82) is 0 Å². The number of hydrogen-bond acceptors (Lipinski definition) is 3. The van der Waals surface area contributed by atoms with Gasteiger partial charge in [-0.2, -0.15) is 0 Å². The topological polar surface area (TPSA) is 40.6 Å². The van der Waals surface area contributed by atoms with Gasteiger partial charge in [0.1, 0.15) is 12.1 Å². The molecule has 0 bridgehead atoms. The summed E-state index contributed by atoms with van der Waals surface area (Å²) in [5, 5.41) is 2.00. The molecule has 2 aliphatic rings. The van der Waals surface area contributed by atoms with Gasteiger partial charge in [-0.1, -0.05) is 6.07 Å². The number of piperazine rings is 1. The molecule has 3 rings (SSSR count). The third kappa shape index (κ3) is 2.16. The number of carbonyl (C=O) groups is 2. The number of fused-ring (bicyclic) bond motifs is 1. The van der Waals surface area contributed by atoms with Crippen molar-refractivity contribution in [3.05, 3.63) is 22.4 Å². The van der Waals surface area contributed by atoms with Gasteiger partial charge in [-0.05, 0) is 37.6 Å². The molecule has 2 aliphatic heterocycles. The van der Waals surface area contributed by atoms with Crippen LogP contribution in [0.15, 0.2) is 17.5 Å². The minimum Gasteiger partial charge on any atom is -0.329 e. The first-order valence-corrected chi connectivity index (χ1v) is 7.70. The Morgan fingerprint density at radius 3 is 2.89 bits per heavy atom. The molecule has 2 unspecified atom stereocenters. The van der Waals surface area contributed by atoms with Crippen molar-refractivity contribution in [2.24, 2.45) is 0 Å². The normalized spacial score (nSPS) is 27.6. The Bertz CT molecular complexity index is 486. The summed E-state index contributed by atoms with van der Waals surface area (Å²) in [6.07, 6.45) is 2.88. The van der Waals surface area contributed by atoms with Crippen LogP contribution in [0.1, 0.15) is 31.1 Å². The van der Waals surface area contributed by atoms with Crippen LogP contribution in [0, 0.1) is 0 Å². The Labute approximate surface area is 117 Å². The Morgan fingerprint density at radius 1 is 1.32 bits per heavy atom. The number of rotatable bonds is 2. The highest BCUT2D eigenvalue weighted by Gasteiger charge is 2.44. The van der Waals surface area contributed by atoms with E-state index >= 15 is 0 Å². The van der Waals surface area contributed by atoms with Gasteiger partial charge in [-0.25, -0.2) is 0 Å². The first kappa shape index (κ1) is 12.7. The van der Waals surface area contributed by atoms with Crippen molar-refractivity contribution in [2.45, 2.75) is 44.8 Å². The highest BCUT2D eigenvalue weighted by molar-refractivity contribution is 7.09. The lowest BCUT2D eigenvalue weighted by molar-refractivity contribution is -0.163. The van der Waals surface area contributed by atoms with Gasteiger partial charge in [0.05, 0.1) is 6.54 Å². The molecular formula is C14H18N2O2S. The molecule has 0 saturated carbocycles. The third-order valence-electron chi connectivity index (χ3n) is 4.09. The van der Waals surface area contributed by atoms with Gasteiger partial charge in [0.15, 0.2) is 0 Å². The molecule has 5 heteroatoms. The zero-order valence-corrected chi connectivity index (χ0v) is 11.9. The molecule has 0 N–H and O–H groups in total. The number of thiophene rings is 1. The standard InChI is InChI=1S/C14H18N2O2S/c1-10-13(17)15-7-3-2-6-12(15)14(18)16(10)9-11-5-4-8-19-11/h4-5,8,10,12H,2-3,6-7,9H2,1H3. The summed E-state index contributed by atoms with van der Waals surface area (Å²) in [7, 11) is 0. The van der Waals surface area contributed by atoms with Crippen molar-refractivity contribution in [2.75, 3.05) is 6.54 Å². The summed E-state index contributed by atoms with van der Waals surface area (Å²) in [5.74, 6) is 0.237. The van der Waals surface area contributed by atoms with Crippen LogP contribution in [-0.4, -0.2) is 40.2 Å². The minimum absolute atomic E-state index is 0.112. The van der Waals surface area contributed by atoms with Crippen molar-refractivity contribution in [3.63, 3.8) is 0 Å². The quantitative estimate of drug-likeness (QED) is 0.828. The summed E-state index contributed by atoms with van der Waals surface area (Å²) < 4.78 is 0. The fourth-order valence-electron chi connectivity index (χ4n) is 2.99. The fourth-order valence-corrected chi connectivity index (χ4v) is 3.70. The van der Waals surface area contributed by atoms with Crippen LogP contribution >= 0.6 is 11.3 Å². The van der Waals surface area contributed by atoms with Crippen molar-refractivity contribution >= 4 is 23.2 Å². The third-order valence-corrected chi connectivity index (χ3v) is 4.95. The van der Waals surface area contributed by atoms with Crippen molar-refractivity contribution < 1.29 is 9.59 Å². The van der Waals surface area contributed by atoms with E-state index in [1.165, 1.54) is 0 Å². The van der Waals surface area contributed by atoms with Crippen LogP contribution in [0.3, 0.4) is 0 Å². The number of amides is 2. The fraction of sp³-hybridized carbons (Fsp3) is 0.571. The lowest BCUT2D eigenvalue weighted by Crippen LogP contribution is -2.64. The number of carbonyl (C=O) groups excluding carboxylic acids is 2. The van der Waals surface area contributed by atoms with E-state index in [-0.39, 0.29) is 23.9 Å². The van der Waals surface area contributed by atoms with Gasteiger partial charge < -0.3 is 9.80 Å². The van der Waals surface area contributed by atoms with Gasteiger partial charge in [-0.15, -0.1) is 11.3 Å². The molecule has 1 aromatic heterocycles. The van der Waals surface area contributed by atoms with Gasteiger partial charge >= 0.3 is 0 Å². The second kappa shape index (κ2) is 4.96. The van der Waals surface area contributed by atoms with E-state index in [0.717, 1.165) is 30.7 Å². The van der Waals surface area contributed by atoms with Crippen molar-refractivity contribution in [1.82, 2.24) is 9.80 Å². The van der Waals surface area contributed by atoms with Crippen LogP contribution in [0.5, 0.6) is 0 Å². The molecule has 0 spiro atoms. The summed E-state index contributed by atoms with van der Waals surface area (Å²) in [4.78, 5) is 29.6. The van der Waals surface area contributed by atoms with Crippen molar-refractivity contribution in [3.8, 4) is 0 Å². The largest absolute Gasteiger partial charge is 0.329 e. The Morgan fingerprint density at radius 2 is 2.16 bits per heavy atom. The SMILES string of the molecule is CC1C(=O)N2CCCCC2C(=O)N1Cc1cccs1. The first-order chi connectivity index (χ1) is 9.18. The maximum absolute atomic E-state index is 12.6. The van der Waals surface area contributed by atoms with E-state index < -0.39 is 0 Å². The number of hydrogen-bond donors (Lipinski definition) is 0. The molecule has 19 heavy (non-hydrogen) atoms. The van der Waals surface area contributed by atoms with Crippen LogP contribution < -0.4 is 0 Å². The molecule has 102 valence electrons. The molecule has 2 fully saturated rings. The van der Waals surface area contributed by atoms with Crippen LogP contribution in [0.25, 0.3) is 0 Å². The zero-order chi connectivity index (χ0) is 13.4. The Kier molecular flexibility index (Phi) is 3.31. The Hall–Kier alpha value is -1.36. The smallest absolute Gasteiger partial charge is 0.246 e. The predicted octanol–water partition coefficient (Wildman–Crippen LogP) is 1.86. The maximum Gasteiger partial charge on any atom is 0.246 e. The lowest BCUT2D eigenvalue weighted by atomic mass is 9.96. The summed E-state index contributed by atoms with van der Waals surface area (Å²) in [6.45, 7) is 3.15. The highest BCUT2D eigenvalue weighted by Crippen LogP contribution is 2.27. The average molecular weight is 278 g/mol. The predicted molar refractivity (Wildman–Crippen MR) is 73.7 cm³/mol. The molecular weight excluding hydrogens is 260 g/mol. The molecule has 2 amide bonds. The van der Waals surface area contributed by atoms with Crippen LogP contribution in [0.2, 0.25) is 0 Å². The average Bonchev–Trinajstić information content (AvgIpc) is 2.94. The molecule has 2 saturated heterocycles. The first-order valence-electron chi connectivity index (χ1n) is 6.82. The Balaban J connectivity index is 1.83. The van der Waals surface area contributed by atoms with Gasteiger partial charge in [0, 0.05) is 11.4 Å². The molecule has 4 nitrogen and oxygen atoms in total. The van der Waals surface area contributed by atoms with E-state index in [1.54, 1.807) is 21.1 Å². The van der Waals surface area contributed by atoms with Gasteiger partial charge in [-0.3, -0.25) is 9.59 Å². The second-order valence-electron chi connectivity index (χ2n) is 5.26. The molecule has 0 radical (unpaired) electrons. The summed E-state index contributed by atoms with van der Waals surface area (Å²) in [5.41, 5.74) is 0. The van der Waals surface area contributed by atoms with Gasteiger partial charge in [0.2, 0.25) is 11.8 Å². The molecule has 2 atom stereocenters. The molecule has 1 aromatic rings. The van der Waals surface area contributed by atoms with Gasteiger partial charge in [0.25, 0.3) is 0 Å². The highest BCUT2D eigenvalue weighted by atomic mass is 32.1. The molecule has 0 aliphatic carbocycles. The number of nitrogens with zero attached hydrogens (tertiary/aromatic N) is 2. The minimum atomic E-state index is -0.330. The second-order valence-corrected chi connectivity index (χ2v) is 6.30. The maximum atomic E-state index is 12.6. The van der Waals surface area contributed by atoms with Crippen LogP contribution in [0.4, 0.5) is 0 Å².